The second-order valence-electron chi connectivity index (χ2n) is 5.80. The fourth-order valence-electron chi connectivity index (χ4n) is 3.14. The lowest BCUT2D eigenvalue weighted by Gasteiger charge is -2.41. The number of hydrogen-bond donors (Lipinski definition) is 0. The van der Waals surface area contributed by atoms with Crippen molar-refractivity contribution >= 4 is 24.0 Å². The first kappa shape index (κ1) is 17.6. The van der Waals surface area contributed by atoms with E-state index in [0.717, 1.165) is 18.7 Å². The number of hydrogen-bond acceptors (Lipinski definition) is 2. The third kappa shape index (κ3) is 3.81. The molecule has 1 aromatic rings. The summed E-state index contributed by atoms with van der Waals surface area (Å²) >= 11 is 7.06. The Kier molecular flexibility index (Phi) is 6.63. The number of ether oxygens (including phenoxy) is 1. The van der Waals surface area contributed by atoms with E-state index in [4.69, 9.17) is 16.3 Å². The van der Waals surface area contributed by atoms with Crippen LogP contribution in [0.15, 0.2) is 24.3 Å². The van der Waals surface area contributed by atoms with E-state index in [1.807, 2.05) is 12.1 Å². The van der Waals surface area contributed by atoms with Crippen LogP contribution < -0.4 is 4.74 Å². The van der Waals surface area contributed by atoms with E-state index >= 15 is 0 Å². The first-order chi connectivity index (χ1) is 9.06. The van der Waals surface area contributed by atoms with E-state index < -0.39 is 0 Å². The maximum atomic E-state index is 7.06. The quantitative estimate of drug-likeness (QED) is 0.767. The second-order valence-corrected chi connectivity index (χ2v) is 6.47. The number of alkyl halides is 1. The zero-order chi connectivity index (χ0) is 13.9. The number of halogens is 2. The fourth-order valence-corrected chi connectivity index (χ4v) is 3.57. The van der Waals surface area contributed by atoms with Gasteiger partial charge in [-0.25, -0.2) is 0 Å². The molecule has 0 radical (unpaired) electrons. The summed E-state index contributed by atoms with van der Waals surface area (Å²) in [6.45, 7) is 1.04. The van der Waals surface area contributed by atoms with Gasteiger partial charge in [-0.2, -0.15) is 0 Å². The van der Waals surface area contributed by atoms with E-state index in [2.05, 4.69) is 31.1 Å². The van der Waals surface area contributed by atoms with Gasteiger partial charge in [-0.1, -0.05) is 25.0 Å². The van der Waals surface area contributed by atoms with Gasteiger partial charge >= 0.3 is 0 Å². The van der Waals surface area contributed by atoms with Crippen LogP contribution in [-0.2, 0) is 4.87 Å². The first-order valence-corrected chi connectivity index (χ1v) is 7.42. The van der Waals surface area contributed by atoms with Crippen molar-refractivity contribution in [2.24, 2.45) is 5.92 Å². The van der Waals surface area contributed by atoms with Crippen LogP contribution in [0.25, 0.3) is 0 Å². The summed E-state index contributed by atoms with van der Waals surface area (Å²) in [5.41, 5.74) is 1.21. The van der Waals surface area contributed by atoms with Gasteiger partial charge in [-0.05, 0) is 50.6 Å². The molecule has 0 bridgehead atoms. The maximum absolute atomic E-state index is 7.06. The molecule has 0 spiro atoms. The predicted molar refractivity (Wildman–Crippen MR) is 88.3 cm³/mol. The minimum absolute atomic E-state index is 0. The van der Waals surface area contributed by atoms with Crippen LogP contribution in [0.3, 0.4) is 0 Å². The molecule has 20 heavy (non-hydrogen) atoms. The molecule has 0 aromatic heterocycles. The number of rotatable bonds is 4. The molecule has 0 heterocycles. The maximum Gasteiger partial charge on any atom is 0.119 e. The van der Waals surface area contributed by atoms with Crippen LogP contribution in [0.2, 0.25) is 0 Å². The Morgan fingerprint density at radius 1 is 1.35 bits per heavy atom. The molecule has 114 valence electrons. The van der Waals surface area contributed by atoms with Crippen LogP contribution in [0, 0.1) is 5.92 Å². The molecule has 0 N–H and O–H groups in total. The topological polar surface area (TPSA) is 12.5 Å². The molecule has 0 aliphatic heterocycles. The van der Waals surface area contributed by atoms with Crippen molar-refractivity contribution in [2.75, 3.05) is 27.7 Å². The van der Waals surface area contributed by atoms with Crippen molar-refractivity contribution in [1.29, 1.82) is 0 Å². The minimum atomic E-state index is -0.239. The summed E-state index contributed by atoms with van der Waals surface area (Å²) in [5.74, 6) is 1.40. The molecular weight excluding hydrogens is 293 g/mol. The van der Waals surface area contributed by atoms with Gasteiger partial charge in [0.2, 0.25) is 0 Å². The predicted octanol–water partition coefficient (Wildman–Crippen LogP) is 4.30. The molecule has 0 saturated heterocycles. The molecule has 1 fully saturated rings. The Morgan fingerprint density at radius 3 is 2.75 bits per heavy atom. The smallest absolute Gasteiger partial charge is 0.119 e. The zero-order valence-electron chi connectivity index (χ0n) is 12.6. The highest BCUT2D eigenvalue weighted by atomic mass is 35.5. The average Bonchev–Trinajstić information content (AvgIpc) is 2.41. The van der Waals surface area contributed by atoms with Crippen molar-refractivity contribution in [3.8, 4) is 5.75 Å². The van der Waals surface area contributed by atoms with Crippen LogP contribution in [0.5, 0.6) is 5.75 Å². The normalized spacial score (nSPS) is 26.1. The lowest BCUT2D eigenvalue weighted by atomic mass is 9.74. The third-order valence-electron chi connectivity index (χ3n) is 4.13. The molecular formula is C16H25Cl2NO. The summed E-state index contributed by atoms with van der Waals surface area (Å²) < 4.78 is 5.34. The first-order valence-electron chi connectivity index (χ1n) is 7.04. The Labute approximate surface area is 133 Å². The molecule has 1 aromatic carbocycles. The van der Waals surface area contributed by atoms with Crippen molar-refractivity contribution in [1.82, 2.24) is 4.90 Å². The van der Waals surface area contributed by atoms with E-state index in [-0.39, 0.29) is 17.3 Å². The molecule has 1 saturated carbocycles. The highest BCUT2D eigenvalue weighted by Gasteiger charge is 2.40. The van der Waals surface area contributed by atoms with Gasteiger partial charge in [-0.3, -0.25) is 0 Å². The Hall–Kier alpha value is -0.440. The average molecular weight is 318 g/mol. The van der Waals surface area contributed by atoms with Gasteiger partial charge in [0.1, 0.15) is 5.75 Å². The van der Waals surface area contributed by atoms with Gasteiger partial charge in [-0.15, -0.1) is 24.0 Å². The lowest BCUT2D eigenvalue weighted by Crippen LogP contribution is -2.39. The standard InChI is InChI=1S/C16H24ClNO.ClH/c1-18(2)12-14-7-4-5-10-16(14,17)13-8-6-9-15(11-13)19-3;/h6,8-9,11,14H,4-5,7,10,12H2,1-3H3;1H/t14-,16+;/m0./s1. The van der Waals surface area contributed by atoms with Gasteiger partial charge in [0.15, 0.2) is 0 Å². The van der Waals surface area contributed by atoms with Crippen LogP contribution in [0.1, 0.15) is 31.2 Å². The second kappa shape index (κ2) is 7.53. The summed E-state index contributed by atoms with van der Waals surface area (Å²) in [6.07, 6.45) is 4.76. The molecule has 2 rings (SSSR count). The largest absolute Gasteiger partial charge is 0.497 e. The summed E-state index contributed by atoms with van der Waals surface area (Å²) in [7, 11) is 5.95. The molecule has 1 aliphatic carbocycles. The minimum Gasteiger partial charge on any atom is -0.497 e. The summed E-state index contributed by atoms with van der Waals surface area (Å²) in [6, 6.07) is 8.26. The molecule has 0 unspecified atom stereocenters. The van der Waals surface area contributed by atoms with E-state index in [0.29, 0.717) is 5.92 Å². The molecule has 0 amide bonds. The highest BCUT2D eigenvalue weighted by Crippen LogP contribution is 2.47. The SMILES string of the molecule is COc1cccc([C@]2(Cl)CCCC[C@H]2CN(C)C)c1.Cl. The Morgan fingerprint density at radius 2 is 2.10 bits per heavy atom. The zero-order valence-corrected chi connectivity index (χ0v) is 14.1. The number of nitrogens with zero attached hydrogens (tertiary/aromatic N) is 1. The van der Waals surface area contributed by atoms with Crippen molar-refractivity contribution < 1.29 is 4.74 Å². The third-order valence-corrected chi connectivity index (χ3v) is 4.84. The van der Waals surface area contributed by atoms with Crippen LogP contribution in [-0.4, -0.2) is 32.6 Å². The molecule has 2 atom stereocenters. The van der Waals surface area contributed by atoms with E-state index in [1.54, 1.807) is 7.11 Å². The summed E-state index contributed by atoms with van der Waals surface area (Å²) in [4.78, 5) is 2.00. The monoisotopic (exact) mass is 317 g/mol. The van der Waals surface area contributed by atoms with Crippen molar-refractivity contribution in [3.63, 3.8) is 0 Å². The van der Waals surface area contributed by atoms with E-state index in [9.17, 15) is 0 Å². The van der Waals surface area contributed by atoms with Crippen molar-refractivity contribution in [2.45, 2.75) is 30.6 Å². The van der Waals surface area contributed by atoms with Gasteiger partial charge < -0.3 is 9.64 Å². The van der Waals surface area contributed by atoms with E-state index in [1.165, 1.54) is 24.8 Å². The Bertz CT molecular complexity index is 425. The van der Waals surface area contributed by atoms with Crippen LogP contribution in [0.4, 0.5) is 0 Å². The molecule has 2 nitrogen and oxygen atoms in total. The van der Waals surface area contributed by atoms with Crippen LogP contribution >= 0.6 is 24.0 Å². The number of methoxy groups -OCH3 is 1. The molecule has 1 aliphatic rings. The highest BCUT2D eigenvalue weighted by molar-refractivity contribution is 6.24. The van der Waals surface area contributed by atoms with Gasteiger partial charge in [0.25, 0.3) is 0 Å². The van der Waals surface area contributed by atoms with Gasteiger partial charge in [0, 0.05) is 6.54 Å². The molecule has 4 heteroatoms. The lowest BCUT2D eigenvalue weighted by molar-refractivity contribution is 0.207. The van der Waals surface area contributed by atoms with Gasteiger partial charge in [0.05, 0.1) is 12.0 Å². The summed E-state index contributed by atoms with van der Waals surface area (Å²) in [5, 5.41) is 0. The Balaban J connectivity index is 0.00000200. The van der Waals surface area contributed by atoms with Crippen molar-refractivity contribution in [3.05, 3.63) is 29.8 Å². The number of benzene rings is 1. The fraction of sp³-hybridized carbons (Fsp3) is 0.625.